The van der Waals surface area contributed by atoms with Crippen LogP contribution in [0.3, 0.4) is 0 Å². The number of quaternary nitrogens is 1. The molecule has 0 radical (unpaired) electrons. The number of rotatable bonds is 6. The summed E-state index contributed by atoms with van der Waals surface area (Å²) in [4.78, 5) is 29.1. The lowest BCUT2D eigenvalue weighted by molar-refractivity contribution is -0.119. The second-order valence-electron chi connectivity index (χ2n) is 8.67. The Morgan fingerprint density at radius 3 is 2.76 bits per heavy atom. The van der Waals surface area contributed by atoms with Crippen LogP contribution in [-0.4, -0.2) is 49.3 Å². The highest BCUT2D eigenvalue weighted by atomic mass is 19.1. The normalized spacial score (nSPS) is 24.8. The number of aromatic nitrogens is 1. The number of halogens is 1. The summed E-state index contributed by atoms with van der Waals surface area (Å²) < 4.78 is 20.4. The predicted octanol–water partition coefficient (Wildman–Crippen LogP) is 3.12. The summed E-state index contributed by atoms with van der Waals surface area (Å²) in [7, 11) is 0. The van der Waals surface area contributed by atoms with Crippen LogP contribution in [0.4, 0.5) is 20.6 Å². The van der Waals surface area contributed by atoms with Crippen molar-refractivity contribution in [2.24, 2.45) is 5.92 Å². The molecule has 0 spiro atoms. The van der Waals surface area contributed by atoms with Crippen molar-refractivity contribution in [3.63, 3.8) is 0 Å². The van der Waals surface area contributed by atoms with E-state index >= 15 is 4.39 Å². The standard InChI is InChI=1S/C24H26FN5O3/c1-17(31)28-14-21-15-29(24(32)33-21)20-5-6-23(22(25)13-20)30(16-26)10-7-18(8-11-30)12-19-4-2-3-9-27-19/h2-6,9,13,18,21H,7-8,10-12,14-15H2,1H3/p+1/t18?,21-,30?/m0/s1. The number of hydrogen-bond acceptors (Lipinski definition) is 5. The molecule has 0 unspecified atom stereocenters. The first-order chi connectivity index (χ1) is 15.9. The number of carbonyl (C=O) groups excluding carboxylic acids is 2. The molecule has 1 atom stereocenters. The molecule has 172 valence electrons. The average Bonchev–Trinajstić information content (AvgIpc) is 3.19. The Bertz CT molecular complexity index is 1060. The van der Waals surface area contributed by atoms with E-state index in [0.29, 0.717) is 30.4 Å². The van der Waals surface area contributed by atoms with Crippen molar-refractivity contribution in [3.05, 3.63) is 54.1 Å². The Labute approximate surface area is 192 Å². The third-order valence-corrected chi connectivity index (χ3v) is 6.41. The lowest BCUT2D eigenvalue weighted by atomic mass is 9.90. The molecule has 9 heteroatoms. The summed E-state index contributed by atoms with van der Waals surface area (Å²) in [6.07, 6.45) is 5.47. The van der Waals surface area contributed by atoms with Crippen molar-refractivity contribution < 1.29 is 18.7 Å². The molecule has 4 rings (SSSR count). The Kier molecular flexibility index (Phi) is 6.56. The summed E-state index contributed by atoms with van der Waals surface area (Å²) in [6.45, 7) is 2.85. The number of anilines is 1. The van der Waals surface area contributed by atoms with Gasteiger partial charge in [0.1, 0.15) is 6.10 Å². The van der Waals surface area contributed by atoms with Gasteiger partial charge in [-0.15, -0.1) is 5.26 Å². The van der Waals surface area contributed by atoms with Gasteiger partial charge in [-0.3, -0.25) is 14.7 Å². The number of pyridine rings is 1. The van der Waals surface area contributed by atoms with Gasteiger partial charge in [0.2, 0.25) is 5.91 Å². The van der Waals surface area contributed by atoms with Crippen molar-refractivity contribution in [1.29, 1.82) is 5.26 Å². The number of likely N-dealkylation sites (tertiary alicyclic amines) is 1. The summed E-state index contributed by atoms with van der Waals surface area (Å²) in [5, 5.41) is 12.6. The molecule has 1 aromatic heterocycles. The lowest BCUT2D eigenvalue weighted by Gasteiger charge is -2.36. The molecule has 33 heavy (non-hydrogen) atoms. The summed E-state index contributed by atoms with van der Waals surface area (Å²) in [6, 6.07) is 10.4. The number of hydrogen-bond donors (Lipinski definition) is 1. The van der Waals surface area contributed by atoms with E-state index in [2.05, 4.69) is 16.5 Å². The fourth-order valence-electron chi connectivity index (χ4n) is 4.58. The van der Waals surface area contributed by atoms with Gasteiger partial charge in [-0.1, -0.05) is 6.07 Å². The van der Waals surface area contributed by atoms with E-state index in [0.717, 1.165) is 25.0 Å². The molecule has 2 aliphatic heterocycles. The third kappa shape index (κ3) is 4.96. The van der Waals surface area contributed by atoms with E-state index in [1.807, 2.05) is 18.2 Å². The number of carbonyl (C=O) groups is 2. The number of benzene rings is 1. The third-order valence-electron chi connectivity index (χ3n) is 6.41. The van der Waals surface area contributed by atoms with Crippen LogP contribution in [0.2, 0.25) is 0 Å². The number of ether oxygens (including phenoxy) is 1. The highest BCUT2D eigenvalue weighted by molar-refractivity contribution is 5.90. The monoisotopic (exact) mass is 452 g/mol. The van der Waals surface area contributed by atoms with Crippen molar-refractivity contribution in [1.82, 2.24) is 14.8 Å². The van der Waals surface area contributed by atoms with E-state index in [-0.39, 0.29) is 23.5 Å². The summed E-state index contributed by atoms with van der Waals surface area (Å²) in [5.74, 6) is -0.327. The van der Waals surface area contributed by atoms with E-state index in [1.54, 1.807) is 18.3 Å². The van der Waals surface area contributed by atoms with Gasteiger partial charge in [0.25, 0.3) is 0 Å². The number of amides is 2. The number of nitrogens with one attached hydrogen (secondary N) is 1. The molecule has 2 amide bonds. The minimum absolute atomic E-state index is 0.0829. The van der Waals surface area contributed by atoms with Gasteiger partial charge in [-0.25, -0.2) is 9.18 Å². The highest BCUT2D eigenvalue weighted by Gasteiger charge is 2.40. The van der Waals surface area contributed by atoms with Crippen molar-refractivity contribution in [2.75, 3.05) is 31.1 Å². The molecular weight excluding hydrogens is 425 g/mol. The molecule has 8 nitrogen and oxygen atoms in total. The molecule has 0 bridgehead atoms. The zero-order valence-electron chi connectivity index (χ0n) is 18.5. The number of nitrogens with zero attached hydrogens (tertiary/aromatic N) is 4. The zero-order valence-corrected chi connectivity index (χ0v) is 18.5. The topological polar surface area (TPSA) is 95.3 Å². The number of nitriles is 1. The van der Waals surface area contributed by atoms with Gasteiger partial charge < -0.3 is 10.1 Å². The highest BCUT2D eigenvalue weighted by Crippen LogP contribution is 2.35. The minimum Gasteiger partial charge on any atom is -0.442 e. The van der Waals surface area contributed by atoms with E-state index < -0.39 is 18.0 Å². The Hall–Kier alpha value is -3.51. The first-order valence-electron chi connectivity index (χ1n) is 11.1. The van der Waals surface area contributed by atoms with Crippen LogP contribution in [0.25, 0.3) is 0 Å². The summed E-state index contributed by atoms with van der Waals surface area (Å²) in [5.41, 5.74) is 1.72. The number of cyclic esters (lactones) is 1. The fraction of sp³-hybridized carbons (Fsp3) is 0.417. The molecule has 3 heterocycles. The first kappa shape index (κ1) is 22.7. The van der Waals surface area contributed by atoms with Gasteiger partial charge in [0.15, 0.2) is 11.5 Å². The SMILES string of the molecule is CC(=O)NC[C@H]1CN(c2ccc([N+]3(C#N)CCC(Cc4ccccn4)CC3)c(F)c2)C(=O)O1. The van der Waals surface area contributed by atoms with Crippen LogP contribution in [0, 0.1) is 23.2 Å². The van der Waals surface area contributed by atoms with Crippen LogP contribution < -0.4 is 14.7 Å². The van der Waals surface area contributed by atoms with Crippen LogP contribution in [-0.2, 0) is 16.0 Å². The summed E-state index contributed by atoms with van der Waals surface area (Å²) >= 11 is 0. The average molecular weight is 453 g/mol. The molecule has 2 aliphatic rings. The van der Waals surface area contributed by atoms with Gasteiger partial charge >= 0.3 is 12.3 Å². The van der Waals surface area contributed by atoms with Crippen LogP contribution in [0.5, 0.6) is 0 Å². The number of piperidine rings is 1. The van der Waals surface area contributed by atoms with E-state index in [9.17, 15) is 14.9 Å². The van der Waals surface area contributed by atoms with Gasteiger partial charge in [0.05, 0.1) is 31.9 Å². The maximum absolute atomic E-state index is 15.2. The molecular formula is C24H27FN5O3+. The predicted molar refractivity (Wildman–Crippen MR) is 121 cm³/mol. The smallest absolute Gasteiger partial charge is 0.414 e. The second kappa shape index (κ2) is 9.55. The Morgan fingerprint density at radius 2 is 2.12 bits per heavy atom. The Balaban J connectivity index is 1.44. The Morgan fingerprint density at radius 1 is 1.33 bits per heavy atom. The fourth-order valence-corrected chi connectivity index (χ4v) is 4.58. The molecule has 0 saturated carbocycles. The van der Waals surface area contributed by atoms with Crippen LogP contribution in [0.1, 0.15) is 25.5 Å². The lowest BCUT2D eigenvalue weighted by Crippen LogP contribution is -2.51. The first-order valence-corrected chi connectivity index (χ1v) is 11.1. The van der Waals surface area contributed by atoms with Gasteiger partial charge in [-0.05, 0) is 30.5 Å². The molecule has 2 aromatic rings. The van der Waals surface area contributed by atoms with E-state index in [1.165, 1.54) is 17.9 Å². The van der Waals surface area contributed by atoms with Crippen LogP contribution in [0.15, 0.2) is 42.6 Å². The van der Waals surface area contributed by atoms with Crippen LogP contribution >= 0.6 is 0 Å². The van der Waals surface area contributed by atoms with Gasteiger partial charge in [0, 0.05) is 43.8 Å². The minimum atomic E-state index is -0.586. The molecule has 2 saturated heterocycles. The van der Waals surface area contributed by atoms with Crippen molar-refractivity contribution in [3.8, 4) is 6.19 Å². The second-order valence-corrected chi connectivity index (χ2v) is 8.67. The van der Waals surface area contributed by atoms with Crippen molar-refractivity contribution in [2.45, 2.75) is 32.3 Å². The largest absolute Gasteiger partial charge is 0.442 e. The van der Waals surface area contributed by atoms with Crippen molar-refractivity contribution >= 4 is 23.4 Å². The van der Waals surface area contributed by atoms with E-state index in [4.69, 9.17) is 4.74 Å². The molecule has 1 aromatic carbocycles. The molecule has 1 N–H and O–H groups in total. The zero-order chi connectivity index (χ0) is 23.4. The molecule has 2 fully saturated rings. The maximum Gasteiger partial charge on any atom is 0.414 e. The maximum atomic E-state index is 15.2. The molecule has 0 aliphatic carbocycles. The quantitative estimate of drug-likeness (QED) is 0.537. The van der Waals surface area contributed by atoms with Gasteiger partial charge in [-0.2, -0.15) is 4.48 Å².